The van der Waals surface area contributed by atoms with Crippen LogP contribution in [0.25, 0.3) is 0 Å². The second-order valence-corrected chi connectivity index (χ2v) is 3.51. The second kappa shape index (κ2) is 5.53. The van der Waals surface area contributed by atoms with Crippen molar-refractivity contribution in [3.05, 3.63) is 47.0 Å². The number of carboxylic acid groups (broad SMARTS) is 1. The van der Waals surface area contributed by atoms with Gasteiger partial charge in [0, 0.05) is 23.7 Å². The number of hydrogen-bond acceptors (Lipinski definition) is 2. The predicted molar refractivity (Wildman–Crippen MR) is 59.9 cm³/mol. The minimum atomic E-state index is -0.985. The molecule has 1 rings (SSSR count). The summed E-state index contributed by atoms with van der Waals surface area (Å²) in [6.45, 7) is 4.20. The Balaban J connectivity index is 2.42. The Morgan fingerprint density at radius 2 is 2.13 bits per heavy atom. The zero-order chi connectivity index (χ0) is 11.3. The van der Waals surface area contributed by atoms with Gasteiger partial charge in [0.25, 0.3) is 0 Å². The molecule has 80 valence electrons. The molecule has 15 heavy (non-hydrogen) atoms. The maximum Gasteiger partial charge on any atom is 0.332 e. The second-order valence-electron chi connectivity index (χ2n) is 3.10. The van der Waals surface area contributed by atoms with Gasteiger partial charge < -0.3 is 10.4 Å². The SMILES string of the molecule is C=C(CNCc1ccccc1Cl)C(=O)O. The fourth-order valence-corrected chi connectivity index (χ4v) is 1.27. The molecule has 3 nitrogen and oxygen atoms in total. The highest BCUT2D eigenvalue weighted by Crippen LogP contribution is 2.14. The van der Waals surface area contributed by atoms with Crippen molar-refractivity contribution in [2.24, 2.45) is 0 Å². The van der Waals surface area contributed by atoms with Gasteiger partial charge in [0.2, 0.25) is 0 Å². The first-order valence-electron chi connectivity index (χ1n) is 4.46. The quantitative estimate of drug-likeness (QED) is 0.755. The molecular weight excluding hydrogens is 214 g/mol. The number of carbonyl (C=O) groups is 1. The van der Waals surface area contributed by atoms with Crippen LogP contribution in [0.5, 0.6) is 0 Å². The topological polar surface area (TPSA) is 49.3 Å². The van der Waals surface area contributed by atoms with Gasteiger partial charge in [-0.1, -0.05) is 36.4 Å². The molecule has 1 aromatic rings. The van der Waals surface area contributed by atoms with Gasteiger partial charge in [0.1, 0.15) is 0 Å². The highest BCUT2D eigenvalue weighted by atomic mass is 35.5. The molecule has 0 saturated heterocycles. The van der Waals surface area contributed by atoms with Crippen LogP contribution < -0.4 is 5.32 Å². The van der Waals surface area contributed by atoms with E-state index in [0.29, 0.717) is 11.6 Å². The maximum absolute atomic E-state index is 10.4. The molecule has 0 heterocycles. The third-order valence-electron chi connectivity index (χ3n) is 1.91. The van der Waals surface area contributed by atoms with E-state index in [1.54, 1.807) is 6.07 Å². The van der Waals surface area contributed by atoms with Gasteiger partial charge in [-0.05, 0) is 11.6 Å². The van der Waals surface area contributed by atoms with Crippen LogP contribution in [0, 0.1) is 0 Å². The van der Waals surface area contributed by atoms with E-state index in [0.717, 1.165) is 5.56 Å². The monoisotopic (exact) mass is 225 g/mol. The lowest BCUT2D eigenvalue weighted by atomic mass is 10.2. The zero-order valence-electron chi connectivity index (χ0n) is 8.16. The summed E-state index contributed by atoms with van der Waals surface area (Å²) < 4.78 is 0. The molecule has 0 amide bonds. The molecule has 0 aromatic heterocycles. The van der Waals surface area contributed by atoms with Crippen molar-refractivity contribution in [2.75, 3.05) is 6.54 Å². The smallest absolute Gasteiger partial charge is 0.332 e. The number of aliphatic carboxylic acids is 1. The fraction of sp³-hybridized carbons (Fsp3) is 0.182. The number of hydrogen-bond donors (Lipinski definition) is 2. The first-order valence-corrected chi connectivity index (χ1v) is 4.84. The van der Waals surface area contributed by atoms with Crippen LogP contribution in [0.1, 0.15) is 5.56 Å². The van der Waals surface area contributed by atoms with E-state index in [2.05, 4.69) is 11.9 Å². The molecule has 0 fully saturated rings. The summed E-state index contributed by atoms with van der Waals surface area (Å²) in [5.74, 6) is -0.985. The van der Waals surface area contributed by atoms with Gasteiger partial charge >= 0.3 is 5.97 Å². The van der Waals surface area contributed by atoms with Crippen molar-refractivity contribution in [1.82, 2.24) is 5.32 Å². The largest absolute Gasteiger partial charge is 0.478 e. The van der Waals surface area contributed by atoms with Crippen LogP contribution in [-0.4, -0.2) is 17.6 Å². The Kier molecular flexibility index (Phi) is 4.34. The number of halogens is 1. The average molecular weight is 226 g/mol. The van der Waals surface area contributed by atoms with Crippen LogP contribution in [0.15, 0.2) is 36.4 Å². The van der Waals surface area contributed by atoms with Crippen molar-refractivity contribution >= 4 is 17.6 Å². The summed E-state index contributed by atoms with van der Waals surface area (Å²) in [5.41, 5.74) is 1.08. The van der Waals surface area contributed by atoms with Gasteiger partial charge in [-0.25, -0.2) is 4.79 Å². The maximum atomic E-state index is 10.4. The minimum Gasteiger partial charge on any atom is -0.478 e. The first kappa shape index (κ1) is 11.8. The van der Waals surface area contributed by atoms with E-state index in [1.807, 2.05) is 18.2 Å². The molecular formula is C11H12ClNO2. The summed E-state index contributed by atoms with van der Waals surface area (Å²) >= 11 is 5.92. The van der Waals surface area contributed by atoms with Gasteiger partial charge in [-0.3, -0.25) is 0 Å². The zero-order valence-corrected chi connectivity index (χ0v) is 8.92. The normalized spacial score (nSPS) is 9.93. The Labute approximate surface area is 93.4 Å². The highest BCUT2D eigenvalue weighted by Gasteiger charge is 2.03. The molecule has 0 aliphatic rings. The third kappa shape index (κ3) is 3.73. The number of nitrogens with one attached hydrogen (secondary N) is 1. The lowest BCUT2D eigenvalue weighted by Gasteiger charge is -2.06. The molecule has 0 bridgehead atoms. The fourth-order valence-electron chi connectivity index (χ4n) is 1.07. The Morgan fingerprint density at radius 3 is 2.73 bits per heavy atom. The van der Waals surface area contributed by atoms with E-state index in [4.69, 9.17) is 16.7 Å². The summed E-state index contributed by atoms with van der Waals surface area (Å²) in [5, 5.41) is 12.2. The van der Waals surface area contributed by atoms with Crippen LogP contribution >= 0.6 is 11.6 Å². The van der Waals surface area contributed by atoms with Gasteiger partial charge in [0.05, 0.1) is 0 Å². The molecule has 1 aromatic carbocycles. The van der Waals surface area contributed by atoms with E-state index >= 15 is 0 Å². The molecule has 0 radical (unpaired) electrons. The molecule has 0 atom stereocenters. The molecule has 2 N–H and O–H groups in total. The average Bonchev–Trinajstić information content (AvgIpc) is 2.20. The summed E-state index contributed by atoms with van der Waals surface area (Å²) in [7, 11) is 0. The number of benzene rings is 1. The molecule has 0 unspecified atom stereocenters. The van der Waals surface area contributed by atoms with E-state index in [1.165, 1.54) is 0 Å². The molecule has 4 heteroatoms. The van der Waals surface area contributed by atoms with Crippen LogP contribution in [0.4, 0.5) is 0 Å². The van der Waals surface area contributed by atoms with Gasteiger partial charge in [-0.15, -0.1) is 0 Å². The van der Waals surface area contributed by atoms with Crippen LogP contribution in [-0.2, 0) is 11.3 Å². The standard InChI is InChI=1S/C11H12ClNO2/c1-8(11(14)15)6-13-7-9-4-2-3-5-10(9)12/h2-5,13H,1,6-7H2,(H,14,15). The Hall–Kier alpha value is -1.32. The molecule has 0 saturated carbocycles. The molecule has 0 aliphatic heterocycles. The predicted octanol–water partition coefficient (Wildman–Crippen LogP) is 2.07. The van der Waals surface area contributed by atoms with Crippen molar-refractivity contribution < 1.29 is 9.90 Å². The van der Waals surface area contributed by atoms with E-state index in [-0.39, 0.29) is 12.1 Å². The molecule has 0 aliphatic carbocycles. The summed E-state index contributed by atoms with van der Waals surface area (Å²) in [6, 6.07) is 7.42. The third-order valence-corrected chi connectivity index (χ3v) is 2.28. The van der Waals surface area contributed by atoms with Gasteiger partial charge in [-0.2, -0.15) is 0 Å². The van der Waals surface area contributed by atoms with Crippen molar-refractivity contribution in [3.8, 4) is 0 Å². The van der Waals surface area contributed by atoms with Crippen LogP contribution in [0.2, 0.25) is 5.02 Å². The van der Waals surface area contributed by atoms with Crippen molar-refractivity contribution in [1.29, 1.82) is 0 Å². The minimum absolute atomic E-state index is 0.141. The number of rotatable bonds is 5. The lowest BCUT2D eigenvalue weighted by molar-refractivity contribution is -0.132. The molecule has 0 spiro atoms. The van der Waals surface area contributed by atoms with Crippen molar-refractivity contribution in [2.45, 2.75) is 6.54 Å². The van der Waals surface area contributed by atoms with Crippen LogP contribution in [0.3, 0.4) is 0 Å². The highest BCUT2D eigenvalue weighted by molar-refractivity contribution is 6.31. The van der Waals surface area contributed by atoms with E-state index < -0.39 is 5.97 Å². The number of carboxylic acids is 1. The van der Waals surface area contributed by atoms with Crippen molar-refractivity contribution in [3.63, 3.8) is 0 Å². The van der Waals surface area contributed by atoms with E-state index in [9.17, 15) is 4.79 Å². The lowest BCUT2D eigenvalue weighted by Crippen LogP contribution is -2.20. The summed E-state index contributed by atoms with van der Waals surface area (Å²) in [4.78, 5) is 10.4. The Morgan fingerprint density at radius 1 is 1.47 bits per heavy atom. The van der Waals surface area contributed by atoms with Gasteiger partial charge in [0.15, 0.2) is 0 Å². The Bertz CT molecular complexity index is 377. The summed E-state index contributed by atoms with van der Waals surface area (Å²) in [6.07, 6.45) is 0. The first-order chi connectivity index (χ1) is 7.11.